The largest absolute Gasteiger partial charge is 0.393 e. The van der Waals surface area contributed by atoms with Crippen LogP contribution < -0.4 is 11.1 Å². The Bertz CT molecular complexity index is 117. The topological polar surface area (TPSA) is 41.3 Å². The van der Waals surface area contributed by atoms with Gasteiger partial charge in [-0.25, -0.2) is 0 Å². The molecule has 0 unspecified atom stereocenters. The second kappa shape index (κ2) is 3.83. The fraction of sp³-hybridized carbons (Fsp3) is 0.333. The number of nitrogens with one attached hydrogen (secondary N) is 1. The van der Waals surface area contributed by atoms with E-state index in [0.717, 1.165) is 0 Å². The predicted octanol–water partition coefficient (Wildman–Crippen LogP) is 0.0387. The number of hydrogen-bond donors (Lipinski definition) is 2. The van der Waals surface area contributed by atoms with Gasteiger partial charge in [0.05, 0.1) is 5.82 Å². The van der Waals surface area contributed by atoms with E-state index in [2.05, 4.69) is 11.9 Å². The van der Waals surface area contributed by atoms with Crippen molar-refractivity contribution in [1.82, 2.24) is 10.2 Å². The quantitative estimate of drug-likeness (QED) is 0.562. The third-order valence-electron chi connectivity index (χ3n) is 0.918. The molecule has 0 spiro atoms. The predicted molar refractivity (Wildman–Crippen MR) is 39.3 cm³/mol. The molecule has 0 bridgehead atoms. The van der Waals surface area contributed by atoms with Crippen molar-refractivity contribution in [3.63, 3.8) is 0 Å². The molecule has 0 aliphatic heterocycles. The molecule has 0 fully saturated rings. The van der Waals surface area contributed by atoms with Gasteiger partial charge in [0.15, 0.2) is 0 Å². The van der Waals surface area contributed by atoms with Crippen LogP contribution in [0.2, 0.25) is 0 Å². The van der Waals surface area contributed by atoms with Gasteiger partial charge in [-0.05, 0) is 0 Å². The van der Waals surface area contributed by atoms with Crippen molar-refractivity contribution in [3.05, 3.63) is 24.8 Å². The highest BCUT2D eigenvalue weighted by Gasteiger charge is 1.86. The zero-order valence-electron chi connectivity index (χ0n) is 5.89. The molecule has 0 aliphatic carbocycles. The number of nitrogens with two attached hydrogens (primary N) is 1. The molecule has 0 heterocycles. The van der Waals surface area contributed by atoms with Crippen LogP contribution in [0.1, 0.15) is 0 Å². The maximum atomic E-state index is 5.33. The molecule has 3 heteroatoms. The number of hydrogen-bond acceptors (Lipinski definition) is 3. The first-order valence-corrected chi connectivity index (χ1v) is 2.69. The van der Waals surface area contributed by atoms with Crippen LogP contribution in [-0.4, -0.2) is 19.0 Å². The Morgan fingerprint density at radius 1 is 1.78 bits per heavy atom. The highest BCUT2D eigenvalue weighted by atomic mass is 15.2. The van der Waals surface area contributed by atoms with Crippen LogP contribution in [0.4, 0.5) is 0 Å². The van der Waals surface area contributed by atoms with E-state index >= 15 is 0 Å². The average molecular weight is 127 g/mol. The summed E-state index contributed by atoms with van der Waals surface area (Å²) in [6.07, 6.45) is 3.57. The van der Waals surface area contributed by atoms with Gasteiger partial charge in [0.1, 0.15) is 0 Å². The summed E-state index contributed by atoms with van der Waals surface area (Å²) in [6.45, 7) is 3.53. The normalized spacial score (nSPS) is 9.56. The fourth-order valence-corrected chi connectivity index (χ4v) is 0.282. The van der Waals surface area contributed by atoms with Gasteiger partial charge < -0.3 is 16.0 Å². The van der Waals surface area contributed by atoms with Gasteiger partial charge in [-0.15, -0.1) is 0 Å². The lowest BCUT2D eigenvalue weighted by atomic mass is 10.7. The van der Waals surface area contributed by atoms with Gasteiger partial charge in [-0.3, -0.25) is 0 Å². The van der Waals surface area contributed by atoms with Crippen LogP contribution in [0.15, 0.2) is 24.8 Å². The second-order valence-corrected chi connectivity index (χ2v) is 1.71. The molecule has 9 heavy (non-hydrogen) atoms. The molecule has 0 rings (SSSR count). The third-order valence-corrected chi connectivity index (χ3v) is 0.918. The summed E-state index contributed by atoms with van der Waals surface area (Å²) in [5.41, 5.74) is 5.33. The van der Waals surface area contributed by atoms with E-state index in [1.807, 2.05) is 14.1 Å². The lowest BCUT2D eigenvalue weighted by Crippen LogP contribution is -2.16. The van der Waals surface area contributed by atoms with Gasteiger partial charge in [-0.1, -0.05) is 6.58 Å². The van der Waals surface area contributed by atoms with Crippen LogP contribution in [0.5, 0.6) is 0 Å². The molecule has 3 nitrogen and oxygen atoms in total. The minimum absolute atomic E-state index is 0.529. The molecule has 0 saturated heterocycles. The van der Waals surface area contributed by atoms with Crippen molar-refractivity contribution in [2.45, 2.75) is 0 Å². The Hall–Kier alpha value is -1.12. The molecule has 0 aromatic heterocycles. The van der Waals surface area contributed by atoms with Crippen molar-refractivity contribution in [2.24, 2.45) is 5.73 Å². The third kappa shape index (κ3) is 3.46. The van der Waals surface area contributed by atoms with E-state index in [9.17, 15) is 0 Å². The zero-order chi connectivity index (χ0) is 7.28. The lowest BCUT2D eigenvalue weighted by Gasteiger charge is -2.11. The minimum Gasteiger partial charge on any atom is -0.393 e. The summed E-state index contributed by atoms with van der Waals surface area (Å²) in [5.74, 6) is 0.529. The van der Waals surface area contributed by atoms with Gasteiger partial charge in [0.2, 0.25) is 0 Å². The van der Waals surface area contributed by atoms with Gasteiger partial charge >= 0.3 is 0 Å². The van der Waals surface area contributed by atoms with E-state index in [-0.39, 0.29) is 0 Å². The molecule has 0 aliphatic rings. The smallest absolute Gasteiger partial charge is 0.0950 e. The van der Waals surface area contributed by atoms with E-state index in [1.54, 1.807) is 17.3 Å². The fourth-order valence-electron chi connectivity index (χ4n) is 0.282. The Kier molecular flexibility index (Phi) is 3.35. The van der Waals surface area contributed by atoms with Crippen molar-refractivity contribution in [2.75, 3.05) is 14.1 Å². The standard InChI is InChI=1S/C6H13N3/c1-6(7)9(3)5-4-8-2/h4-5,8H,1,7H2,2-3H3. The van der Waals surface area contributed by atoms with Crippen molar-refractivity contribution < 1.29 is 0 Å². The maximum Gasteiger partial charge on any atom is 0.0950 e. The second-order valence-electron chi connectivity index (χ2n) is 1.71. The minimum atomic E-state index is 0.529. The van der Waals surface area contributed by atoms with Gasteiger partial charge in [0, 0.05) is 26.5 Å². The van der Waals surface area contributed by atoms with Crippen LogP contribution in [0, 0.1) is 0 Å². The Labute approximate surface area is 55.8 Å². The van der Waals surface area contributed by atoms with Gasteiger partial charge in [0.25, 0.3) is 0 Å². The summed E-state index contributed by atoms with van der Waals surface area (Å²) >= 11 is 0. The van der Waals surface area contributed by atoms with Gasteiger partial charge in [-0.2, -0.15) is 0 Å². The molecule has 0 aromatic carbocycles. The average Bonchev–Trinajstić information content (AvgIpc) is 1.82. The Morgan fingerprint density at radius 2 is 2.33 bits per heavy atom. The molecular weight excluding hydrogens is 114 g/mol. The van der Waals surface area contributed by atoms with Crippen molar-refractivity contribution in [3.8, 4) is 0 Å². The highest BCUT2D eigenvalue weighted by Crippen LogP contribution is 1.87. The van der Waals surface area contributed by atoms with Crippen LogP contribution in [0.25, 0.3) is 0 Å². The maximum absolute atomic E-state index is 5.33. The SMILES string of the molecule is C=C(N)N(C)C=CNC. The molecule has 3 N–H and O–H groups in total. The molecule has 0 radical (unpaired) electrons. The van der Waals surface area contributed by atoms with Crippen LogP contribution in [-0.2, 0) is 0 Å². The molecular formula is C6H13N3. The summed E-state index contributed by atoms with van der Waals surface area (Å²) in [5, 5.41) is 2.83. The van der Waals surface area contributed by atoms with E-state index < -0.39 is 0 Å². The van der Waals surface area contributed by atoms with E-state index in [1.165, 1.54) is 0 Å². The van der Waals surface area contributed by atoms with Crippen molar-refractivity contribution >= 4 is 0 Å². The number of nitrogens with zero attached hydrogens (tertiary/aromatic N) is 1. The summed E-state index contributed by atoms with van der Waals surface area (Å²) < 4.78 is 0. The molecule has 0 aromatic rings. The van der Waals surface area contributed by atoms with Crippen LogP contribution in [0.3, 0.4) is 0 Å². The van der Waals surface area contributed by atoms with E-state index in [4.69, 9.17) is 5.73 Å². The molecule has 0 saturated carbocycles. The monoisotopic (exact) mass is 127 g/mol. The van der Waals surface area contributed by atoms with Crippen molar-refractivity contribution in [1.29, 1.82) is 0 Å². The summed E-state index contributed by atoms with van der Waals surface area (Å²) in [7, 11) is 3.65. The first kappa shape index (κ1) is 7.88. The lowest BCUT2D eigenvalue weighted by molar-refractivity contribution is 0.560. The summed E-state index contributed by atoms with van der Waals surface area (Å²) in [4.78, 5) is 1.72. The Morgan fingerprint density at radius 3 is 2.67 bits per heavy atom. The Balaban J connectivity index is 3.62. The highest BCUT2D eigenvalue weighted by molar-refractivity contribution is 4.92. The number of rotatable bonds is 3. The first-order chi connectivity index (χ1) is 4.18. The molecule has 0 atom stereocenters. The van der Waals surface area contributed by atoms with E-state index in [0.29, 0.717) is 5.82 Å². The van der Waals surface area contributed by atoms with Crippen LogP contribution >= 0.6 is 0 Å². The zero-order valence-corrected chi connectivity index (χ0v) is 5.89. The molecule has 52 valence electrons. The molecule has 0 amide bonds. The first-order valence-electron chi connectivity index (χ1n) is 2.69. The summed E-state index contributed by atoms with van der Waals surface area (Å²) in [6, 6.07) is 0.